The van der Waals surface area contributed by atoms with E-state index in [1.54, 1.807) is 36.0 Å². The first kappa shape index (κ1) is 20.5. The van der Waals surface area contributed by atoms with E-state index in [2.05, 4.69) is 0 Å². The van der Waals surface area contributed by atoms with Gasteiger partial charge in [-0.25, -0.2) is 8.42 Å². The number of fused-ring (bicyclic) bond motifs is 4. The van der Waals surface area contributed by atoms with Gasteiger partial charge in [-0.1, -0.05) is 60.2 Å². The minimum atomic E-state index is -3.79. The smallest absolute Gasteiger partial charge is 0.243 e. The number of benzene rings is 3. The second kappa shape index (κ2) is 7.93. The summed E-state index contributed by atoms with van der Waals surface area (Å²) in [4.78, 5) is 14.9. The Bertz CT molecular complexity index is 1220. The lowest BCUT2D eigenvalue weighted by Crippen LogP contribution is -2.59. The minimum Gasteiger partial charge on any atom is -0.297 e. The van der Waals surface area contributed by atoms with Crippen LogP contribution in [-0.2, 0) is 21.2 Å². The van der Waals surface area contributed by atoms with Crippen LogP contribution in [-0.4, -0.2) is 36.3 Å². The quantitative estimate of drug-likeness (QED) is 0.591. The van der Waals surface area contributed by atoms with Crippen LogP contribution in [0.1, 0.15) is 22.6 Å². The zero-order valence-electron chi connectivity index (χ0n) is 17.1. The van der Waals surface area contributed by atoms with Gasteiger partial charge in [-0.15, -0.1) is 11.8 Å². The van der Waals surface area contributed by atoms with Crippen LogP contribution in [0.5, 0.6) is 0 Å². The summed E-state index contributed by atoms with van der Waals surface area (Å²) in [7, 11) is -3.79. The number of hydrogen-bond acceptors (Lipinski definition) is 4. The molecule has 1 heterocycles. The minimum absolute atomic E-state index is 0.00840. The van der Waals surface area contributed by atoms with Gasteiger partial charge in [0.25, 0.3) is 0 Å². The molecular weight excluding hydrogens is 426 g/mol. The van der Waals surface area contributed by atoms with Gasteiger partial charge in [0.05, 0.1) is 16.9 Å². The van der Waals surface area contributed by atoms with Crippen molar-refractivity contribution in [3.63, 3.8) is 0 Å². The van der Waals surface area contributed by atoms with Gasteiger partial charge in [0.2, 0.25) is 10.0 Å². The fourth-order valence-corrected chi connectivity index (χ4v) is 7.65. The maximum absolute atomic E-state index is 13.6. The van der Waals surface area contributed by atoms with Crippen molar-refractivity contribution in [1.82, 2.24) is 4.31 Å². The molecule has 1 saturated heterocycles. The van der Waals surface area contributed by atoms with Crippen molar-refractivity contribution in [2.45, 2.75) is 40.3 Å². The molecule has 0 N–H and O–H groups in total. The van der Waals surface area contributed by atoms with E-state index >= 15 is 0 Å². The summed E-state index contributed by atoms with van der Waals surface area (Å²) in [5, 5.41) is -0.187. The van der Waals surface area contributed by atoms with Crippen molar-refractivity contribution in [3.8, 4) is 0 Å². The molecule has 4 nitrogen and oxygen atoms in total. The SMILES string of the molecule is Cc1ccc(S(=O)(=O)N2C[C@@H](Sc3ccccc3)[C@H]3C(=O)[C@@H]2Cc2ccccc23)cc1. The van der Waals surface area contributed by atoms with Crippen LogP contribution in [0.15, 0.2) is 88.7 Å². The average molecular weight is 450 g/mol. The molecule has 2 aliphatic rings. The van der Waals surface area contributed by atoms with Crippen LogP contribution in [0, 0.1) is 6.92 Å². The Morgan fingerprint density at radius 1 is 0.903 bits per heavy atom. The van der Waals surface area contributed by atoms with Gasteiger partial charge >= 0.3 is 0 Å². The highest BCUT2D eigenvalue weighted by Gasteiger charge is 2.51. The summed E-state index contributed by atoms with van der Waals surface area (Å²) in [6.45, 7) is 2.24. The first-order valence-electron chi connectivity index (χ1n) is 10.4. The standard InChI is InChI=1S/C25H23NO3S2/c1-17-11-13-20(14-12-17)31(28,29)26-16-23(30-19-8-3-2-4-9-19)24-21-10-6-5-7-18(21)15-22(26)25(24)27/h2-14,22-24H,15-16H2,1H3/t22-,23+,24-/m0/s1. The molecule has 1 aliphatic heterocycles. The molecule has 6 heteroatoms. The molecule has 0 spiro atoms. The Balaban J connectivity index is 1.59. The molecule has 0 amide bonds. The number of carbonyl (C=O) groups is 1. The van der Waals surface area contributed by atoms with Gasteiger partial charge in [0.1, 0.15) is 0 Å². The van der Waals surface area contributed by atoms with Crippen LogP contribution in [0.25, 0.3) is 0 Å². The molecular formula is C25H23NO3S2. The zero-order chi connectivity index (χ0) is 21.6. The third kappa shape index (κ3) is 3.63. The number of hydrogen-bond donors (Lipinski definition) is 0. The number of carbonyl (C=O) groups excluding carboxylic acids is 1. The second-order valence-electron chi connectivity index (χ2n) is 8.16. The lowest BCUT2D eigenvalue weighted by atomic mass is 9.75. The summed E-state index contributed by atoms with van der Waals surface area (Å²) in [5.74, 6) is -0.293. The van der Waals surface area contributed by atoms with Crippen molar-refractivity contribution in [1.29, 1.82) is 0 Å². The van der Waals surface area contributed by atoms with Crippen LogP contribution >= 0.6 is 11.8 Å². The lowest BCUT2D eigenvalue weighted by molar-refractivity contribution is -0.126. The number of aryl methyl sites for hydroxylation is 1. The molecule has 158 valence electrons. The number of nitrogens with zero attached hydrogens (tertiary/aromatic N) is 1. The van der Waals surface area contributed by atoms with E-state index in [0.29, 0.717) is 13.0 Å². The third-order valence-corrected chi connectivity index (χ3v) is 9.33. The summed E-state index contributed by atoms with van der Waals surface area (Å²) in [6.07, 6.45) is 0.430. The van der Waals surface area contributed by atoms with Crippen LogP contribution < -0.4 is 0 Å². The summed E-state index contributed by atoms with van der Waals surface area (Å²) >= 11 is 1.59. The number of Topliss-reactive ketones (excluding diaryl/α,β-unsaturated/α-hetero) is 1. The van der Waals surface area contributed by atoms with Gasteiger partial charge in [-0.05, 0) is 48.7 Å². The number of piperidine rings is 1. The second-order valence-corrected chi connectivity index (χ2v) is 11.4. The van der Waals surface area contributed by atoms with Gasteiger partial charge in [0.15, 0.2) is 5.78 Å². The number of ketones is 1. The van der Waals surface area contributed by atoms with Crippen LogP contribution in [0.3, 0.4) is 0 Å². The van der Waals surface area contributed by atoms with E-state index in [-0.39, 0.29) is 21.8 Å². The normalized spacial score (nSPS) is 23.4. The van der Waals surface area contributed by atoms with Crippen molar-refractivity contribution >= 4 is 27.6 Å². The summed E-state index contributed by atoms with van der Waals surface area (Å²) in [5.41, 5.74) is 3.11. The van der Waals surface area contributed by atoms with Crippen molar-refractivity contribution in [2.24, 2.45) is 0 Å². The Morgan fingerprint density at radius 3 is 2.32 bits per heavy atom. The first-order chi connectivity index (χ1) is 14.9. The van der Waals surface area contributed by atoms with E-state index in [0.717, 1.165) is 21.6 Å². The molecule has 3 aromatic rings. The molecule has 0 aromatic heterocycles. The molecule has 1 aliphatic carbocycles. The Hall–Kier alpha value is -2.41. The molecule has 0 unspecified atom stereocenters. The summed E-state index contributed by atoms with van der Waals surface area (Å²) < 4.78 is 28.7. The Labute approximate surface area is 187 Å². The number of thioether (sulfide) groups is 1. The topological polar surface area (TPSA) is 54.5 Å². The molecule has 2 bridgehead atoms. The predicted octanol–water partition coefficient (Wildman–Crippen LogP) is 4.44. The molecule has 1 fully saturated rings. The maximum Gasteiger partial charge on any atom is 0.243 e. The Morgan fingerprint density at radius 2 is 1.58 bits per heavy atom. The van der Waals surface area contributed by atoms with Gasteiger partial charge in [-0.2, -0.15) is 4.31 Å². The fourth-order valence-electron chi connectivity index (χ4n) is 4.62. The van der Waals surface area contributed by atoms with E-state index in [1.165, 1.54) is 4.31 Å². The number of rotatable bonds is 4. The van der Waals surface area contributed by atoms with Crippen LogP contribution in [0.4, 0.5) is 0 Å². The first-order valence-corrected chi connectivity index (χ1v) is 12.7. The fraction of sp³-hybridized carbons (Fsp3) is 0.240. The van der Waals surface area contributed by atoms with E-state index < -0.39 is 16.1 Å². The molecule has 31 heavy (non-hydrogen) atoms. The largest absolute Gasteiger partial charge is 0.297 e. The monoisotopic (exact) mass is 449 g/mol. The molecule has 0 radical (unpaired) electrons. The molecule has 0 saturated carbocycles. The highest BCUT2D eigenvalue weighted by atomic mass is 32.2. The van der Waals surface area contributed by atoms with Gasteiger partial charge < -0.3 is 0 Å². The van der Waals surface area contributed by atoms with Crippen molar-refractivity contribution in [3.05, 3.63) is 95.6 Å². The number of sulfonamides is 1. The van der Waals surface area contributed by atoms with E-state index in [4.69, 9.17) is 0 Å². The third-order valence-electron chi connectivity index (χ3n) is 6.18. The lowest BCUT2D eigenvalue weighted by Gasteiger charge is -2.45. The molecule has 3 aromatic carbocycles. The van der Waals surface area contributed by atoms with Crippen molar-refractivity contribution in [2.75, 3.05) is 6.54 Å². The van der Waals surface area contributed by atoms with Gasteiger partial charge in [-0.3, -0.25) is 4.79 Å². The van der Waals surface area contributed by atoms with Crippen molar-refractivity contribution < 1.29 is 13.2 Å². The van der Waals surface area contributed by atoms with E-state index in [1.807, 2.05) is 61.5 Å². The summed E-state index contributed by atoms with van der Waals surface area (Å²) in [6, 6.07) is 24.1. The highest BCUT2D eigenvalue weighted by molar-refractivity contribution is 8.00. The van der Waals surface area contributed by atoms with E-state index in [9.17, 15) is 13.2 Å². The Kier molecular flexibility index (Phi) is 5.24. The highest BCUT2D eigenvalue weighted by Crippen LogP contribution is 2.45. The predicted molar refractivity (Wildman–Crippen MR) is 123 cm³/mol. The maximum atomic E-state index is 13.6. The average Bonchev–Trinajstić information content (AvgIpc) is 2.76. The molecule has 3 atom stereocenters. The van der Waals surface area contributed by atoms with Gasteiger partial charge in [0, 0.05) is 16.7 Å². The molecule has 5 rings (SSSR count). The zero-order valence-corrected chi connectivity index (χ0v) is 18.8. The van der Waals surface area contributed by atoms with Crippen LogP contribution in [0.2, 0.25) is 0 Å².